The number of nitrogen functional groups attached to an aromatic ring is 1. The normalized spacial score (nSPS) is 10.1. The third-order valence-electron chi connectivity index (χ3n) is 3.83. The van der Waals surface area contributed by atoms with E-state index in [2.05, 4.69) is 20.6 Å². The Hall–Kier alpha value is -3.94. The molecular weight excluding hydrogens is 358 g/mol. The van der Waals surface area contributed by atoms with Crippen LogP contribution in [-0.2, 0) is 17.9 Å². The van der Waals surface area contributed by atoms with Crippen molar-refractivity contribution in [1.29, 1.82) is 0 Å². The number of benzene rings is 1. The number of nitrogens with zero attached hydrogens (tertiary/aromatic N) is 2. The van der Waals surface area contributed by atoms with E-state index in [0.29, 0.717) is 11.3 Å². The Morgan fingerprint density at radius 2 is 1.79 bits per heavy atom. The number of hydrogen-bond donors (Lipinski definition) is 3. The van der Waals surface area contributed by atoms with Gasteiger partial charge >= 0.3 is 6.09 Å². The zero-order valence-corrected chi connectivity index (χ0v) is 15.0. The Morgan fingerprint density at radius 1 is 1.00 bits per heavy atom. The zero-order valence-electron chi connectivity index (χ0n) is 15.0. The number of aromatic nitrogens is 2. The van der Waals surface area contributed by atoms with E-state index in [4.69, 9.17) is 10.5 Å². The molecule has 0 saturated heterocycles. The van der Waals surface area contributed by atoms with Gasteiger partial charge in [0.25, 0.3) is 5.91 Å². The van der Waals surface area contributed by atoms with Crippen molar-refractivity contribution in [2.75, 3.05) is 11.1 Å². The molecule has 0 aliphatic rings. The predicted molar refractivity (Wildman–Crippen MR) is 104 cm³/mol. The summed E-state index contributed by atoms with van der Waals surface area (Å²) in [6.45, 7) is 0.430. The van der Waals surface area contributed by atoms with Crippen LogP contribution in [0.4, 0.5) is 16.3 Å². The van der Waals surface area contributed by atoms with Crippen molar-refractivity contribution >= 4 is 23.5 Å². The molecule has 2 aromatic heterocycles. The van der Waals surface area contributed by atoms with Gasteiger partial charge in [-0.3, -0.25) is 9.78 Å². The van der Waals surface area contributed by atoms with Crippen LogP contribution < -0.4 is 16.4 Å². The predicted octanol–water partition coefficient (Wildman–Crippen LogP) is 2.74. The zero-order chi connectivity index (χ0) is 19.8. The van der Waals surface area contributed by atoms with Crippen molar-refractivity contribution in [2.45, 2.75) is 13.2 Å². The Bertz CT molecular complexity index is 946. The molecule has 142 valence electrons. The van der Waals surface area contributed by atoms with Crippen LogP contribution in [0.15, 0.2) is 67.1 Å². The van der Waals surface area contributed by atoms with Crippen LogP contribution in [-0.4, -0.2) is 22.0 Å². The first-order chi connectivity index (χ1) is 13.6. The van der Waals surface area contributed by atoms with E-state index in [1.807, 2.05) is 6.07 Å². The monoisotopic (exact) mass is 377 g/mol. The molecule has 4 N–H and O–H groups in total. The van der Waals surface area contributed by atoms with Gasteiger partial charge in [-0.1, -0.05) is 18.2 Å². The molecule has 8 nitrogen and oxygen atoms in total. The van der Waals surface area contributed by atoms with E-state index >= 15 is 0 Å². The largest absolute Gasteiger partial charge is 0.445 e. The van der Waals surface area contributed by atoms with Crippen LogP contribution in [0.5, 0.6) is 0 Å². The maximum Gasteiger partial charge on any atom is 0.407 e. The SMILES string of the molecule is Nc1ncccc1NC(=O)c1ccc(CNC(=O)OCc2cccnc2)cc1. The Kier molecular flexibility index (Phi) is 6.14. The van der Waals surface area contributed by atoms with Gasteiger partial charge in [0.2, 0.25) is 0 Å². The number of nitrogens with one attached hydrogen (secondary N) is 2. The van der Waals surface area contributed by atoms with Crippen molar-refractivity contribution in [3.63, 3.8) is 0 Å². The van der Waals surface area contributed by atoms with E-state index in [1.165, 1.54) is 0 Å². The van der Waals surface area contributed by atoms with Gasteiger partial charge in [-0.2, -0.15) is 0 Å². The third kappa shape index (κ3) is 5.28. The Labute approximate surface area is 161 Å². The van der Waals surface area contributed by atoms with Crippen molar-refractivity contribution in [1.82, 2.24) is 15.3 Å². The maximum absolute atomic E-state index is 12.3. The van der Waals surface area contributed by atoms with Crippen LogP contribution >= 0.6 is 0 Å². The second-order valence-corrected chi connectivity index (χ2v) is 5.88. The first-order valence-corrected chi connectivity index (χ1v) is 8.52. The van der Waals surface area contributed by atoms with E-state index in [0.717, 1.165) is 11.1 Å². The summed E-state index contributed by atoms with van der Waals surface area (Å²) < 4.78 is 5.12. The van der Waals surface area contributed by atoms with Crippen molar-refractivity contribution in [3.05, 3.63) is 83.8 Å². The highest BCUT2D eigenvalue weighted by Gasteiger charge is 2.09. The molecule has 0 bridgehead atoms. The second-order valence-electron chi connectivity index (χ2n) is 5.88. The molecule has 1 aromatic carbocycles. The van der Waals surface area contributed by atoms with Crippen LogP contribution in [0.25, 0.3) is 0 Å². The number of pyridine rings is 2. The standard InChI is InChI=1S/C20H19N5O3/c21-18-17(4-2-10-23-18)25-19(26)16-7-5-14(6-8-16)12-24-20(27)28-13-15-3-1-9-22-11-15/h1-11H,12-13H2,(H2,21,23)(H,24,27)(H,25,26). The minimum Gasteiger partial charge on any atom is -0.445 e. The molecule has 2 heterocycles. The van der Waals surface area contributed by atoms with Gasteiger partial charge in [0.05, 0.1) is 5.69 Å². The molecule has 0 aliphatic heterocycles. The van der Waals surface area contributed by atoms with Crippen molar-refractivity contribution < 1.29 is 14.3 Å². The maximum atomic E-state index is 12.3. The highest BCUT2D eigenvalue weighted by atomic mass is 16.5. The number of carbonyl (C=O) groups is 2. The van der Waals surface area contributed by atoms with Gasteiger partial charge in [-0.15, -0.1) is 0 Å². The minimum absolute atomic E-state index is 0.149. The highest BCUT2D eigenvalue weighted by molar-refractivity contribution is 6.05. The van der Waals surface area contributed by atoms with Gasteiger partial charge in [-0.05, 0) is 35.9 Å². The minimum atomic E-state index is -0.530. The summed E-state index contributed by atoms with van der Waals surface area (Å²) in [5.41, 5.74) is 8.27. The molecule has 0 fully saturated rings. The molecular formula is C20H19N5O3. The van der Waals surface area contributed by atoms with Crippen LogP contribution in [0.3, 0.4) is 0 Å². The van der Waals surface area contributed by atoms with Crippen LogP contribution in [0.2, 0.25) is 0 Å². The molecule has 0 unspecified atom stereocenters. The lowest BCUT2D eigenvalue weighted by molar-refractivity contribution is 0.102. The summed E-state index contributed by atoms with van der Waals surface area (Å²) in [4.78, 5) is 31.9. The molecule has 0 radical (unpaired) electrons. The topological polar surface area (TPSA) is 119 Å². The first kappa shape index (κ1) is 18.8. The van der Waals surface area contributed by atoms with Gasteiger partial charge in [0, 0.05) is 36.3 Å². The summed E-state index contributed by atoms with van der Waals surface area (Å²) in [6.07, 6.45) is 4.31. The Balaban J connectivity index is 1.48. The summed E-state index contributed by atoms with van der Waals surface area (Å²) >= 11 is 0. The van der Waals surface area contributed by atoms with Gasteiger partial charge in [0.1, 0.15) is 12.4 Å². The smallest absolute Gasteiger partial charge is 0.407 e. The quantitative estimate of drug-likeness (QED) is 0.608. The van der Waals surface area contributed by atoms with Gasteiger partial charge in [0.15, 0.2) is 0 Å². The van der Waals surface area contributed by atoms with E-state index < -0.39 is 6.09 Å². The van der Waals surface area contributed by atoms with E-state index in [1.54, 1.807) is 61.1 Å². The van der Waals surface area contributed by atoms with Crippen molar-refractivity contribution in [3.8, 4) is 0 Å². The number of hydrogen-bond acceptors (Lipinski definition) is 6. The highest BCUT2D eigenvalue weighted by Crippen LogP contribution is 2.15. The van der Waals surface area contributed by atoms with Crippen LogP contribution in [0, 0.1) is 0 Å². The van der Waals surface area contributed by atoms with E-state index in [-0.39, 0.29) is 24.9 Å². The number of carbonyl (C=O) groups excluding carboxylic acids is 2. The molecule has 28 heavy (non-hydrogen) atoms. The second kappa shape index (κ2) is 9.13. The van der Waals surface area contributed by atoms with Gasteiger partial charge in [-0.25, -0.2) is 9.78 Å². The average Bonchev–Trinajstić information content (AvgIpc) is 2.73. The molecule has 0 spiro atoms. The van der Waals surface area contributed by atoms with Gasteiger partial charge < -0.3 is 21.1 Å². The molecule has 0 aliphatic carbocycles. The molecule has 8 heteroatoms. The summed E-state index contributed by atoms with van der Waals surface area (Å²) in [6, 6.07) is 13.8. The first-order valence-electron chi connectivity index (χ1n) is 8.52. The lowest BCUT2D eigenvalue weighted by Crippen LogP contribution is -2.23. The molecule has 2 amide bonds. The average molecular weight is 377 g/mol. The molecule has 0 atom stereocenters. The summed E-state index contributed by atoms with van der Waals surface area (Å²) in [7, 11) is 0. The number of amides is 2. The number of rotatable bonds is 6. The molecule has 3 rings (SSSR count). The van der Waals surface area contributed by atoms with E-state index in [9.17, 15) is 9.59 Å². The third-order valence-corrected chi connectivity index (χ3v) is 3.83. The fourth-order valence-electron chi connectivity index (χ4n) is 2.35. The number of ether oxygens (including phenoxy) is 1. The van der Waals surface area contributed by atoms with Crippen LogP contribution in [0.1, 0.15) is 21.5 Å². The fourth-order valence-corrected chi connectivity index (χ4v) is 2.35. The summed E-state index contributed by atoms with van der Waals surface area (Å²) in [5.74, 6) is -0.0449. The number of alkyl carbamates (subject to hydrolysis) is 1. The number of nitrogens with two attached hydrogens (primary N) is 1. The summed E-state index contributed by atoms with van der Waals surface area (Å²) in [5, 5.41) is 5.37. The molecule has 0 saturated carbocycles. The van der Waals surface area contributed by atoms with Crippen molar-refractivity contribution in [2.24, 2.45) is 0 Å². The lowest BCUT2D eigenvalue weighted by Gasteiger charge is -2.09. The Morgan fingerprint density at radius 3 is 2.50 bits per heavy atom. The fraction of sp³-hybridized carbons (Fsp3) is 0.100. The molecule has 3 aromatic rings. The lowest BCUT2D eigenvalue weighted by atomic mass is 10.1. The number of anilines is 2.